The van der Waals surface area contributed by atoms with E-state index in [0.717, 1.165) is 0 Å². The van der Waals surface area contributed by atoms with Crippen LogP contribution in [0.15, 0.2) is 12.3 Å². The number of ether oxygens (including phenoxy) is 2. The highest BCUT2D eigenvalue weighted by Gasteiger charge is 2.40. The van der Waals surface area contributed by atoms with Crippen molar-refractivity contribution in [3.8, 4) is 0 Å². The van der Waals surface area contributed by atoms with E-state index in [2.05, 4.69) is 11.3 Å². The van der Waals surface area contributed by atoms with Crippen molar-refractivity contribution in [1.82, 2.24) is 0 Å². The Morgan fingerprint density at radius 3 is 2.42 bits per heavy atom. The number of hydrogen-bond acceptors (Lipinski definition) is 5. The molecule has 1 saturated heterocycles. The van der Waals surface area contributed by atoms with Crippen LogP contribution in [0.4, 0.5) is 0 Å². The standard InChI is InChI=1S/C7H12O5/c1-3-4(8)5(9)6(10)7(11-2)12-3/h4-10H,1H2,2H3. The fourth-order valence-electron chi connectivity index (χ4n) is 1.01. The summed E-state index contributed by atoms with van der Waals surface area (Å²) in [5.41, 5.74) is 0. The zero-order valence-corrected chi connectivity index (χ0v) is 6.67. The summed E-state index contributed by atoms with van der Waals surface area (Å²) in [4.78, 5) is 0. The van der Waals surface area contributed by atoms with Gasteiger partial charge in [0.15, 0.2) is 0 Å². The Labute approximate surface area is 69.8 Å². The van der Waals surface area contributed by atoms with E-state index in [-0.39, 0.29) is 5.76 Å². The number of hydrogen-bond donors (Lipinski definition) is 3. The van der Waals surface area contributed by atoms with Gasteiger partial charge in [-0.3, -0.25) is 0 Å². The van der Waals surface area contributed by atoms with Crippen molar-refractivity contribution >= 4 is 0 Å². The molecule has 1 rings (SSSR count). The smallest absolute Gasteiger partial charge is 0.228 e. The lowest BCUT2D eigenvalue weighted by Crippen LogP contribution is -2.52. The molecule has 12 heavy (non-hydrogen) atoms. The second kappa shape index (κ2) is 3.40. The van der Waals surface area contributed by atoms with Crippen LogP contribution in [0, 0.1) is 0 Å². The van der Waals surface area contributed by atoms with Crippen LogP contribution in [-0.4, -0.2) is 47.0 Å². The van der Waals surface area contributed by atoms with Gasteiger partial charge in [-0.25, -0.2) is 0 Å². The van der Waals surface area contributed by atoms with Gasteiger partial charge in [0.25, 0.3) is 0 Å². The van der Waals surface area contributed by atoms with Crippen LogP contribution in [0.5, 0.6) is 0 Å². The molecule has 0 aliphatic carbocycles. The van der Waals surface area contributed by atoms with Gasteiger partial charge in [0.2, 0.25) is 6.29 Å². The van der Waals surface area contributed by atoms with Crippen LogP contribution in [-0.2, 0) is 9.47 Å². The summed E-state index contributed by atoms with van der Waals surface area (Å²) < 4.78 is 9.54. The van der Waals surface area contributed by atoms with Gasteiger partial charge in [-0.15, -0.1) is 0 Å². The first-order valence-electron chi connectivity index (χ1n) is 3.50. The largest absolute Gasteiger partial charge is 0.464 e. The summed E-state index contributed by atoms with van der Waals surface area (Å²) in [6.07, 6.45) is -4.78. The summed E-state index contributed by atoms with van der Waals surface area (Å²) in [5, 5.41) is 27.6. The van der Waals surface area contributed by atoms with E-state index in [1.54, 1.807) is 0 Å². The first-order chi connectivity index (χ1) is 5.57. The van der Waals surface area contributed by atoms with Gasteiger partial charge in [0, 0.05) is 7.11 Å². The van der Waals surface area contributed by atoms with E-state index in [1.165, 1.54) is 7.11 Å². The monoisotopic (exact) mass is 176 g/mol. The van der Waals surface area contributed by atoms with Crippen molar-refractivity contribution in [2.75, 3.05) is 7.11 Å². The van der Waals surface area contributed by atoms with E-state index in [0.29, 0.717) is 0 Å². The van der Waals surface area contributed by atoms with E-state index in [9.17, 15) is 10.2 Å². The average Bonchev–Trinajstić information content (AvgIpc) is 2.08. The van der Waals surface area contributed by atoms with Gasteiger partial charge in [0.1, 0.15) is 24.1 Å². The Bertz CT molecular complexity index is 179. The maximum Gasteiger partial charge on any atom is 0.228 e. The Hall–Kier alpha value is -0.620. The molecule has 3 N–H and O–H groups in total. The van der Waals surface area contributed by atoms with E-state index >= 15 is 0 Å². The fourth-order valence-corrected chi connectivity index (χ4v) is 1.01. The maximum atomic E-state index is 9.22. The predicted octanol–water partition coefficient (Wildman–Crippen LogP) is -1.41. The molecule has 4 unspecified atom stereocenters. The van der Waals surface area contributed by atoms with Crippen molar-refractivity contribution in [3.05, 3.63) is 12.3 Å². The third-order valence-corrected chi connectivity index (χ3v) is 1.78. The summed E-state index contributed by atoms with van der Waals surface area (Å²) in [7, 11) is 1.32. The van der Waals surface area contributed by atoms with Crippen LogP contribution in [0.1, 0.15) is 0 Å². The van der Waals surface area contributed by atoms with Crippen molar-refractivity contribution in [1.29, 1.82) is 0 Å². The lowest BCUT2D eigenvalue weighted by atomic mass is 10.0. The fraction of sp³-hybridized carbons (Fsp3) is 0.714. The first kappa shape index (κ1) is 9.47. The van der Waals surface area contributed by atoms with Crippen LogP contribution in [0.25, 0.3) is 0 Å². The van der Waals surface area contributed by atoms with E-state index in [4.69, 9.17) is 9.84 Å². The highest BCUT2D eigenvalue weighted by molar-refractivity contribution is 5.03. The van der Waals surface area contributed by atoms with Crippen LogP contribution < -0.4 is 0 Å². The molecule has 70 valence electrons. The minimum Gasteiger partial charge on any atom is -0.464 e. The molecule has 0 aromatic heterocycles. The summed E-state index contributed by atoms with van der Waals surface area (Å²) in [6, 6.07) is 0. The van der Waals surface area contributed by atoms with Crippen molar-refractivity contribution in [2.45, 2.75) is 24.6 Å². The van der Waals surface area contributed by atoms with Crippen molar-refractivity contribution < 1.29 is 24.8 Å². The van der Waals surface area contributed by atoms with E-state index in [1.807, 2.05) is 0 Å². The highest BCUT2D eigenvalue weighted by atomic mass is 16.7. The van der Waals surface area contributed by atoms with Gasteiger partial charge in [-0.2, -0.15) is 0 Å². The quantitative estimate of drug-likeness (QED) is 0.457. The van der Waals surface area contributed by atoms with Crippen LogP contribution >= 0.6 is 0 Å². The number of aliphatic hydroxyl groups is 3. The minimum atomic E-state index is -1.31. The number of methoxy groups -OCH3 is 1. The van der Waals surface area contributed by atoms with Gasteiger partial charge >= 0.3 is 0 Å². The second-order valence-electron chi connectivity index (χ2n) is 2.61. The minimum absolute atomic E-state index is 0.000324. The summed E-state index contributed by atoms with van der Waals surface area (Å²) in [6.45, 7) is 3.35. The number of aliphatic hydroxyl groups excluding tert-OH is 3. The summed E-state index contributed by atoms with van der Waals surface area (Å²) >= 11 is 0. The molecule has 0 radical (unpaired) electrons. The maximum absolute atomic E-state index is 9.22. The predicted molar refractivity (Wildman–Crippen MR) is 39.0 cm³/mol. The Morgan fingerprint density at radius 1 is 1.33 bits per heavy atom. The number of rotatable bonds is 1. The zero-order valence-electron chi connectivity index (χ0n) is 6.67. The zero-order chi connectivity index (χ0) is 9.30. The first-order valence-corrected chi connectivity index (χ1v) is 3.50. The van der Waals surface area contributed by atoms with Gasteiger partial charge in [-0.05, 0) is 0 Å². The van der Waals surface area contributed by atoms with Gasteiger partial charge in [0.05, 0.1) is 0 Å². The molecule has 5 nitrogen and oxygen atoms in total. The molecule has 0 aromatic carbocycles. The molecule has 1 aliphatic heterocycles. The second-order valence-corrected chi connectivity index (χ2v) is 2.61. The molecule has 5 heteroatoms. The molecule has 0 spiro atoms. The highest BCUT2D eigenvalue weighted by Crippen LogP contribution is 2.22. The molecule has 0 amide bonds. The molecule has 0 saturated carbocycles. The third-order valence-electron chi connectivity index (χ3n) is 1.78. The van der Waals surface area contributed by atoms with Gasteiger partial charge < -0.3 is 24.8 Å². The molecular weight excluding hydrogens is 164 g/mol. The topological polar surface area (TPSA) is 79.2 Å². The Morgan fingerprint density at radius 2 is 1.92 bits per heavy atom. The normalized spacial score (nSPS) is 42.5. The van der Waals surface area contributed by atoms with Crippen LogP contribution in [0.2, 0.25) is 0 Å². The molecule has 1 heterocycles. The van der Waals surface area contributed by atoms with Crippen molar-refractivity contribution in [2.24, 2.45) is 0 Å². The SMILES string of the molecule is C=C1OC(OC)C(O)C(O)C1O. The molecule has 4 atom stereocenters. The average molecular weight is 176 g/mol. The molecule has 1 fully saturated rings. The Kier molecular flexibility index (Phi) is 2.69. The summed E-state index contributed by atoms with van der Waals surface area (Å²) in [5.74, 6) is -0.000324. The van der Waals surface area contributed by atoms with E-state index < -0.39 is 24.6 Å². The molecule has 0 bridgehead atoms. The van der Waals surface area contributed by atoms with Crippen molar-refractivity contribution in [3.63, 3.8) is 0 Å². The Balaban J connectivity index is 2.70. The lowest BCUT2D eigenvalue weighted by molar-refractivity contribution is -0.235. The third kappa shape index (κ3) is 1.44. The van der Waals surface area contributed by atoms with Gasteiger partial charge in [-0.1, -0.05) is 6.58 Å². The molecule has 0 aromatic rings. The van der Waals surface area contributed by atoms with Crippen LogP contribution in [0.3, 0.4) is 0 Å². The molecule has 1 aliphatic rings. The lowest BCUT2D eigenvalue weighted by Gasteiger charge is -2.35. The molecular formula is C7H12O5.